The van der Waals surface area contributed by atoms with E-state index in [9.17, 15) is 0 Å². The molecular weight excluding hydrogens is 180 g/mol. The van der Waals surface area contributed by atoms with Crippen molar-refractivity contribution in [3.8, 4) is 0 Å². The second kappa shape index (κ2) is 3.79. The van der Waals surface area contributed by atoms with Crippen molar-refractivity contribution >= 4 is 23.3 Å². The number of nitrogens with one attached hydrogen (secondary N) is 1. The molecule has 0 amide bonds. The molecule has 0 bridgehead atoms. The van der Waals surface area contributed by atoms with Crippen LogP contribution in [0.15, 0.2) is 0 Å². The van der Waals surface area contributed by atoms with E-state index < -0.39 is 0 Å². The number of nitrogens with zero attached hydrogens (tertiary/aromatic N) is 4. The second-order valence-electron chi connectivity index (χ2n) is 2.86. The first kappa shape index (κ1) is 10.1. The Morgan fingerprint density at radius 1 is 1.43 bits per heavy atom. The molecule has 6 nitrogen and oxygen atoms in total. The van der Waals surface area contributed by atoms with Gasteiger partial charge < -0.3 is 16.0 Å². The van der Waals surface area contributed by atoms with E-state index in [1.807, 2.05) is 0 Å². The van der Waals surface area contributed by atoms with Gasteiger partial charge in [0.2, 0.25) is 5.95 Å². The third kappa shape index (κ3) is 1.66. The molecule has 1 aromatic heterocycles. The molecule has 0 aliphatic carbocycles. The Morgan fingerprint density at radius 2 is 2.07 bits per heavy atom. The van der Waals surface area contributed by atoms with E-state index in [4.69, 9.17) is 12.3 Å². The number of nitrogens with two attached hydrogens (primary N) is 1. The molecule has 0 spiro atoms. The fraction of sp³-hybridized carbons (Fsp3) is 0.375. The van der Waals surface area contributed by atoms with Crippen LogP contribution in [0.1, 0.15) is 0 Å². The molecule has 14 heavy (non-hydrogen) atoms. The molecule has 0 fully saturated rings. The van der Waals surface area contributed by atoms with Crippen molar-refractivity contribution < 1.29 is 0 Å². The average molecular weight is 192 g/mol. The summed E-state index contributed by atoms with van der Waals surface area (Å²) in [4.78, 5) is 13.0. The minimum Gasteiger partial charge on any atom is -0.382 e. The number of aromatic nitrogens is 2. The lowest BCUT2D eigenvalue weighted by Crippen LogP contribution is -2.13. The van der Waals surface area contributed by atoms with Gasteiger partial charge in [-0.15, -0.1) is 0 Å². The van der Waals surface area contributed by atoms with Gasteiger partial charge in [-0.1, -0.05) is 0 Å². The molecule has 0 radical (unpaired) electrons. The minimum atomic E-state index is 0.158. The zero-order valence-corrected chi connectivity index (χ0v) is 8.37. The molecule has 6 heteroatoms. The van der Waals surface area contributed by atoms with Gasteiger partial charge in [0.25, 0.3) is 5.69 Å². The van der Waals surface area contributed by atoms with Gasteiger partial charge in [0.1, 0.15) is 11.6 Å². The van der Waals surface area contributed by atoms with E-state index in [1.54, 1.807) is 26.0 Å². The summed E-state index contributed by atoms with van der Waals surface area (Å²) in [6.07, 6.45) is 0. The predicted octanol–water partition coefficient (Wildman–Crippen LogP) is 0.717. The van der Waals surface area contributed by atoms with Crippen LogP contribution in [0, 0.1) is 6.57 Å². The van der Waals surface area contributed by atoms with E-state index in [0.29, 0.717) is 17.3 Å². The minimum absolute atomic E-state index is 0.158. The van der Waals surface area contributed by atoms with E-state index in [0.717, 1.165) is 0 Å². The van der Waals surface area contributed by atoms with Crippen LogP contribution in [0.2, 0.25) is 0 Å². The molecule has 1 rings (SSSR count). The van der Waals surface area contributed by atoms with Gasteiger partial charge in [-0.25, -0.2) is 14.8 Å². The molecule has 0 aliphatic rings. The van der Waals surface area contributed by atoms with Gasteiger partial charge in [-0.05, 0) is 0 Å². The van der Waals surface area contributed by atoms with Crippen LogP contribution in [0.5, 0.6) is 0 Å². The lowest BCUT2D eigenvalue weighted by Gasteiger charge is -2.15. The van der Waals surface area contributed by atoms with Gasteiger partial charge in [-0.2, -0.15) is 0 Å². The Hall–Kier alpha value is -2.03. The van der Waals surface area contributed by atoms with E-state index in [2.05, 4.69) is 20.1 Å². The average Bonchev–Trinajstić information content (AvgIpc) is 2.16. The number of rotatable bonds is 2. The monoisotopic (exact) mass is 192 g/mol. The predicted molar refractivity (Wildman–Crippen MR) is 56.6 cm³/mol. The number of nitrogen functional groups attached to an aromatic ring is 1. The van der Waals surface area contributed by atoms with Crippen molar-refractivity contribution in [2.24, 2.45) is 0 Å². The van der Waals surface area contributed by atoms with Gasteiger partial charge in [0, 0.05) is 21.1 Å². The maximum absolute atomic E-state index is 7.03. The summed E-state index contributed by atoms with van der Waals surface area (Å²) in [6.45, 7) is 7.03. The van der Waals surface area contributed by atoms with Crippen LogP contribution in [0.25, 0.3) is 4.85 Å². The summed E-state index contributed by atoms with van der Waals surface area (Å²) >= 11 is 0. The Morgan fingerprint density at radius 3 is 2.50 bits per heavy atom. The molecule has 1 aromatic rings. The van der Waals surface area contributed by atoms with Crippen molar-refractivity contribution in [2.45, 2.75) is 0 Å². The molecular formula is C8H12N6. The van der Waals surface area contributed by atoms with Gasteiger partial charge in [-0.3, -0.25) is 0 Å². The molecule has 0 saturated carbocycles. The van der Waals surface area contributed by atoms with Gasteiger partial charge >= 0.3 is 0 Å². The second-order valence-corrected chi connectivity index (χ2v) is 2.86. The van der Waals surface area contributed by atoms with Crippen LogP contribution >= 0.6 is 0 Å². The van der Waals surface area contributed by atoms with E-state index >= 15 is 0 Å². The fourth-order valence-corrected chi connectivity index (χ4v) is 1.05. The van der Waals surface area contributed by atoms with E-state index in [-0.39, 0.29) is 5.95 Å². The topological polar surface area (TPSA) is 71.4 Å². The first-order valence-electron chi connectivity index (χ1n) is 4.00. The zero-order valence-electron chi connectivity index (χ0n) is 8.37. The highest BCUT2D eigenvalue weighted by atomic mass is 15.2. The third-order valence-electron chi connectivity index (χ3n) is 1.66. The van der Waals surface area contributed by atoms with Gasteiger partial charge in [0.05, 0.1) is 6.57 Å². The quantitative estimate of drug-likeness (QED) is 0.675. The maximum Gasteiger partial charge on any atom is 0.269 e. The molecule has 0 atom stereocenters. The summed E-state index contributed by atoms with van der Waals surface area (Å²) < 4.78 is 0. The molecule has 0 aromatic carbocycles. The number of hydrogen-bond donors (Lipinski definition) is 2. The summed E-state index contributed by atoms with van der Waals surface area (Å²) in [7, 11) is 5.29. The molecule has 0 unspecified atom stereocenters. The van der Waals surface area contributed by atoms with Crippen LogP contribution < -0.4 is 16.0 Å². The Balaban J connectivity index is 3.41. The van der Waals surface area contributed by atoms with Crippen LogP contribution in [-0.4, -0.2) is 31.1 Å². The summed E-state index contributed by atoms with van der Waals surface area (Å²) in [6, 6.07) is 0. The normalized spacial score (nSPS) is 9.29. The van der Waals surface area contributed by atoms with Crippen molar-refractivity contribution in [3.05, 3.63) is 11.4 Å². The molecule has 1 heterocycles. The first-order valence-corrected chi connectivity index (χ1v) is 4.00. The summed E-state index contributed by atoms with van der Waals surface area (Å²) in [5.74, 6) is 1.14. The van der Waals surface area contributed by atoms with Crippen LogP contribution in [-0.2, 0) is 0 Å². The van der Waals surface area contributed by atoms with Crippen molar-refractivity contribution in [1.82, 2.24) is 9.97 Å². The van der Waals surface area contributed by atoms with Crippen molar-refractivity contribution in [2.75, 3.05) is 37.1 Å². The highest BCUT2D eigenvalue weighted by Gasteiger charge is 2.13. The Bertz CT molecular complexity index is 378. The SMILES string of the molecule is [C-]#[N+]c1c(NC)nc(N)nc1N(C)C. The summed E-state index contributed by atoms with van der Waals surface area (Å²) in [5, 5.41) is 2.81. The first-order chi connectivity index (χ1) is 6.60. The molecule has 74 valence electrons. The standard InChI is InChI=1S/C8H12N6/c1-10-5-6(11-2)12-8(9)13-7(5)14(3)4/h2-4H3,(H3,9,11,12,13). The van der Waals surface area contributed by atoms with Gasteiger partial charge in [0.15, 0.2) is 0 Å². The number of hydrogen-bond acceptors (Lipinski definition) is 5. The molecule has 3 N–H and O–H groups in total. The van der Waals surface area contributed by atoms with Crippen LogP contribution in [0.3, 0.4) is 0 Å². The number of anilines is 3. The van der Waals surface area contributed by atoms with E-state index in [1.165, 1.54) is 0 Å². The van der Waals surface area contributed by atoms with Crippen molar-refractivity contribution in [3.63, 3.8) is 0 Å². The molecule has 0 saturated heterocycles. The largest absolute Gasteiger partial charge is 0.382 e. The zero-order chi connectivity index (χ0) is 10.7. The fourth-order valence-electron chi connectivity index (χ4n) is 1.05. The smallest absolute Gasteiger partial charge is 0.269 e. The molecule has 0 aliphatic heterocycles. The maximum atomic E-state index is 7.03. The van der Waals surface area contributed by atoms with Crippen molar-refractivity contribution in [1.29, 1.82) is 0 Å². The highest BCUT2D eigenvalue weighted by molar-refractivity contribution is 5.79. The summed E-state index contributed by atoms with van der Waals surface area (Å²) in [5.41, 5.74) is 5.89. The van der Waals surface area contributed by atoms with Crippen LogP contribution in [0.4, 0.5) is 23.3 Å². The lowest BCUT2D eigenvalue weighted by atomic mass is 10.4. The Kier molecular flexibility index (Phi) is 2.72. The third-order valence-corrected chi connectivity index (χ3v) is 1.66. The highest BCUT2D eigenvalue weighted by Crippen LogP contribution is 2.32. The lowest BCUT2D eigenvalue weighted by molar-refractivity contribution is 1.05. The Labute approximate surface area is 82.6 Å².